The van der Waals surface area contributed by atoms with Crippen molar-refractivity contribution in [3.63, 3.8) is 0 Å². The van der Waals surface area contributed by atoms with Crippen molar-refractivity contribution in [2.45, 2.75) is 74.9 Å². The van der Waals surface area contributed by atoms with E-state index in [1.807, 2.05) is 0 Å². The van der Waals surface area contributed by atoms with Crippen LogP contribution in [-0.4, -0.2) is 60.0 Å². The largest absolute Gasteiger partial charge is 0.573 e. The molecule has 1 saturated heterocycles. The molecular weight excluding hydrogens is 562 g/mol. The molecule has 3 saturated carbocycles. The highest BCUT2D eigenvalue weighted by Gasteiger charge is 2.52. The average Bonchev–Trinajstić information content (AvgIpc) is 3.46. The summed E-state index contributed by atoms with van der Waals surface area (Å²) in [5.74, 6) is -1.88. The highest BCUT2D eigenvalue weighted by molar-refractivity contribution is 5.94. The lowest BCUT2D eigenvalue weighted by atomic mass is 9.63. The topological polar surface area (TPSA) is 106 Å². The predicted octanol–water partition coefficient (Wildman–Crippen LogP) is 5.55. The Morgan fingerprint density at radius 2 is 1.64 bits per heavy atom. The summed E-state index contributed by atoms with van der Waals surface area (Å²) in [6.45, 7) is 0.365. The van der Waals surface area contributed by atoms with E-state index in [1.54, 1.807) is 0 Å². The number of hydrogen-bond donors (Lipinski definition) is 2. The van der Waals surface area contributed by atoms with Crippen molar-refractivity contribution in [2.24, 2.45) is 0 Å². The second-order valence-corrected chi connectivity index (χ2v) is 11.0. The molecular formula is C29H31F4N3O6. The molecule has 1 heterocycles. The molecule has 9 nitrogen and oxygen atoms in total. The summed E-state index contributed by atoms with van der Waals surface area (Å²) in [5.41, 5.74) is -0.655. The van der Waals surface area contributed by atoms with Gasteiger partial charge in [0.1, 0.15) is 17.4 Å². The van der Waals surface area contributed by atoms with Gasteiger partial charge in [-0.3, -0.25) is 4.79 Å². The number of amides is 3. The van der Waals surface area contributed by atoms with Crippen LogP contribution >= 0.6 is 0 Å². The number of hydrogen-bond acceptors (Lipinski definition) is 6. The number of nitrogens with zero attached hydrogens (tertiary/aromatic N) is 1. The van der Waals surface area contributed by atoms with Gasteiger partial charge in [0.2, 0.25) is 5.91 Å². The van der Waals surface area contributed by atoms with Crippen molar-refractivity contribution in [3.8, 4) is 11.5 Å². The van der Waals surface area contributed by atoms with Crippen LogP contribution in [0.2, 0.25) is 0 Å². The smallest absolute Gasteiger partial charge is 0.484 e. The number of urea groups is 1. The SMILES string of the molecule is COC(=O)c1ccc(OC23CCC(NC(=O)[C@H]4CCCN4C(=O)Nc4ccc(OC(F)(F)F)cc4)(CC2)CC3)c(F)c1. The molecule has 13 heteroatoms. The van der Waals surface area contributed by atoms with Crippen molar-refractivity contribution in [3.05, 3.63) is 53.8 Å². The first-order valence-corrected chi connectivity index (χ1v) is 13.7. The average molecular weight is 594 g/mol. The van der Waals surface area contributed by atoms with E-state index in [-0.39, 0.29) is 22.9 Å². The standard InChI is InChI=1S/C29H31F4N3O6/c1-40-25(38)18-4-9-23(21(30)17-18)42-28-13-10-27(11-14-28,12-15-28)35-24(37)22-3-2-16-36(22)26(39)34-19-5-7-20(8-6-19)41-29(31,32)33/h4-9,17,22H,2-3,10-16H2,1H3,(H,34,39)(H,35,37)/t22-,27?,28?/m1/s1. The minimum absolute atomic E-state index is 0.0659. The fourth-order valence-corrected chi connectivity index (χ4v) is 6.12. The molecule has 2 bridgehead atoms. The van der Waals surface area contributed by atoms with Crippen molar-refractivity contribution in [2.75, 3.05) is 19.0 Å². The summed E-state index contributed by atoms with van der Waals surface area (Å²) in [4.78, 5) is 39.5. The van der Waals surface area contributed by atoms with Crippen LogP contribution in [0.5, 0.6) is 11.5 Å². The molecule has 4 aliphatic rings. The minimum atomic E-state index is -4.82. The number of anilines is 1. The maximum Gasteiger partial charge on any atom is 0.573 e. The Bertz CT molecular complexity index is 1330. The van der Waals surface area contributed by atoms with Crippen LogP contribution in [0.1, 0.15) is 61.7 Å². The summed E-state index contributed by atoms with van der Waals surface area (Å²) in [5, 5.41) is 5.83. The quantitative estimate of drug-likeness (QED) is 0.322. The molecule has 0 unspecified atom stereocenters. The van der Waals surface area contributed by atoms with Gasteiger partial charge in [-0.1, -0.05) is 0 Å². The molecule has 0 radical (unpaired) electrons. The number of alkyl halides is 3. The lowest BCUT2D eigenvalue weighted by Gasteiger charge is -2.53. The van der Waals surface area contributed by atoms with Gasteiger partial charge in [-0.2, -0.15) is 0 Å². The van der Waals surface area contributed by atoms with Gasteiger partial charge in [-0.05, 0) is 93.8 Å². The summed E-state index contributed by atoms with van der Waals surface area (Å²) in [6, 6.07) is 7.55. The number of likely N-dealkylation sites (tertiary alicyclic amines) is 1. The maximum atomic E-state index is 14.7. The number of benzene rings is 2. The molecule has 3 aliphatic carbocycles. The first kappa shape index (κ1) is 29.5. The van der Waals surface area contributed by atoms with E-state index >= 15 is 0 Å². The molecule has 4 fully saturated rings. The van der Waals surface area contributed by atoms with Crippen LogP contribution in [0.15, 0.2) is 42.5 Å². The molecule has 1 aliphatic heterocycles. The molecule has 6 rings (SSSR count). The fraction of sp³-hybridized carbons (Fsp3) is 0.483. The number of fused-ring (bicyclic) bond motifs is 3. The van der Waals surface area contributed by atoms with Crippen LogP contribution in [0.4, 0.5) is 28.0 Å². The van der Waals surface area contributed by atoms with Crippen LogP contribution in [0.3, 0.4) is 0 Å². The monoisotopic (exact) mass is 593 g/mol. The van der Waals surface area contributed by atoms with Crippen molar-refractivity contribution in [1.82, 2.24) is 10.2 Å². The second-order valence-electron chi connectivity index (χ2n) is 11.0. The Morgan fingerprint density at radius 3 is 2.24 bits per heavy atom. The predicted molar refractivity (Wildman–Crippen MR) is 142 cm³/mol. The Labute approximate surface area is 239 Å². The van der Waals surface area contributed by atoms with E-state index in [1.165, 1.54) is 36.3 Å². The van der Waals surface area contributed by atoms with E-state index in [0.29, 0.717) is 57.9 Å². The lowest BCUT2D eigenvalue weighted by molar-refractivity contribution is -0.274. The van der Waals surface area contributed by atoms with Gasteiger partial charge in [0.05, 0.1) is 12.7 Å². The summed E-state index contributed by atoms with van der Waals surface area (Å²) < 4.78 is 66.5. The molecule has 2 aromatic carbocycles. The number of carbonyl (C=O) groups is 3. The molecule has 2 aromatic rings. The number of rotatable bonds is 7. The van der Waals surface area contributed by atoms with Gasteiger partial charge in [0.25, 0.3) is 0 Å². The highest BCUT2D eigenvalue weighted by atomic mass is 19.4. The third-order valence-electron chi connectivity index (χ3n) is 8.40. The number of halogens is 4. The van der Waals surface area contributed by atoms with Crippen molar-refractivity contribution < 1.29 is 46.2 Å². The van der Waals surface area contributed by atoms with Crippen LogP contribution in [0.25, 0.3) is 0 Å². The second kappa shape index (κ2) is 11.3. The third-order valence-corrected chi connectivity index (χ3v) is 8.40. The van der Waals surface area contributed by atoms with E-state index in [9.17, 15) is 31.9 Å². The molecule has 0 spiro atoms. The van der Waals surface area contributed by atoms with Crippen LogP contribution < -0.4 is 20.1 Å². The molecule has 0 aromatic heterocycles. The summed E-state index contributed by atoms with van der Waals surface area (Å²) in [7, 11) is 1.22. The number of carbonyl (C=O) groups excluding carboxylic acids is 3. The Hall–Kier alpha value is -4.03. The number of nitrogens with one attached hydrogen (secondary N) is 2. The first-order valence-electron chi connectivity index (χ1n) is 13.7. The van der Waals surface area contributed by atoms with Gasteiger partial charge in [-0.25, -0.2) is 14.0 Å². The molecule has 42 heavy (non-hydrogen) atoms. The molecule has 1 atom stereocenters. The van der Waals surface area contributed by atoms with E-state index in [4.69, 9.17) is 4.74 Å². The normalized spacial score (nSPS) is 25.1. The Morgan fingerprint density at radius 1 is 0.976 bits per heavy atom. The summed E-state index contributed by atoms with van der Waals surface area (Å²) in [6.07, 6.45) is 0.0131. The Kier molecular flexibility index (Phi) is 7.95. The van der Waals surface area contributed by atoms with Gasteiger partial charge in [0.15, 0.2) is 11.6 Å². The number of methoxy groups -OCH3 is 1. The minimum Gasteiger partial charge on any atom is -0.484 e. The lowest BCUT2D eigenvalue weighted by Crippen LogP contribution is -2.62. The number of esters is 1. The van der Waals surface area contributed by atoms with Crippen LogP contribution in [-0.2, 0) is 9.53 Å². The molecule has 3 amide bonds. The summed E-state index contributed by atoms with van der Waals surface area (Å²) >= 11 is 0. The van der Waals surface area contributed by atoms with E-state index in [2.05, 4.69) is 20.1 Å². The zero-order valence-corrected chi connectivity index (χ0v) is 22.9. The zero-order chi connectivity index (χ0) is 30.1. The first-order chi connectivity index (χ1) is 19.9. The fourth-order valence-electron chi connectivity index (χ4n) is 6.12. The maximum absolute atomic E-state index is 14.7. The number of ether oxygens (including phenoxy) is 3. The van der Waals surface area contributed by atoms with Gasteiger partial charge >= 0.3 is 18.4 Å². The molecule has 2 N–H and O–H groups in total. The van der Waals surface area contributed by atoms with Crippen LogP contribution in [0, 0.1) is 5.82 Å². The molecule has 226 valence electrons. The third kappa shape index (κ3) is 6.39. The van der Waals surface area contributed by atoms with E-state index < -0.39 is 47.1 Å². The van der Waals surface area contributed by atoms with Crippen molar-refractivity contribution >= 4 is 23.6 Å². The van der Waals surface area contributed by atoms with Gasteiger partial charge in [-0.15, -0.1) is 13.2 Å². The van der Waals surface area contributed by atoms with E-state index in [0.717, 1.165) is 18.2 Å². The highest BCUT2D eigenvalue weighted by Crippen LogP contribution is 2.49. The zero-order valence-electron chi connectivity index (χ0n) is 22.9. The Balaban J connectivity index is 1.16. The van der Waals surface area contributed by atoms with Crippen molar-refractivity contribution in [1.29, 1.82) is 0 Å². The van der Waals surface area contributed by atoms with Gasteiger partial charge in [0, 0.05) is 17.8 Å². The van der Waals surface area contributed by atoms with Gasteiger partial charge < -0.3 is 29.7 Å².